The molecule has 0 unspecified atom stereocenters. The second-order valence-corrected chi connectivity index (χ2v) is 5.08. The molecule has 1 aromatic carbocycles. The average molecular weight is 360 g/mol. The molecule has 0 aliphatic rings. The number of amides is 1. The molecule has 0 fully saturated rings. The Labute approximate surface area is 147 Å². The molecule has 2 rings (SSSR count). The van der Waals surface area contributed by atoms with Gasteiger partial charge >= 0.3 is 17.6 Å². The maximum absolute atomic E-state index is 11.8. The van der Waals surface area contributed by atoms with E-state index in [0.29, 0.717) is 11.1 Å². The lowest BCUT2D eigenvalue weighted by Crippen LogP contribution is -2.16. The van der Waals surface area contributed by atoms with Gasteiger partial charge in [0.25, 0.3) is 0 Å². The summed E-state index contributed by atoms with van der Waals surface area (Å²) in [4.78, 5) is 46.1. The van der Waals surface area contributed by atoms with Crippen molar-refractivity contribution in [3.8, 4) is 0 Å². The van der Waals surface area contributed by atoms with Gasteiger partial charge in [-0.15, -0.1) is 0 Å². The van der Waals surface area contributed by atoms with Gasteiger partial charge in [-0.2, -0.15) is 0 Å². The van der Waals surface area contributed by atoms with Crippen LogP contribution in [0, 0.1) is 0 Å². The van der Waals surface area contributed by atoms with E-state index in [9.17, 15) is 19.2 Å². The molecule has 0 saturated carbocycles. The number of fused-ring (bicyclic) bond motifs is 1. The van der Waals surface area contributed by atoms with E-state index >= 15 is 0 Å². The summed E-state index contributed by atoms with van der Waals surface area (Å²) in [5, 5.41) is 5.60. The van der Waals surface area contributed by atoms with E-state index in [1.807, 2.05) is 0 Å². The fourth-order valence-corrected chi connectivity index (χ4v) is 2.07. The van der Waals surface area contributed by atoms with Crippen LogP contribution < -0.4 is 16.3 Å². The number of carbonyl (C=O) groups is 3. The number of benzene rings is 1. The van der Waals surface area contributed by atoms with Crippen LogP contribution in [0.5, 0.6) is 0 Å². The number of hydrogen-bond acceptors (Lipinski definition) is 8. The number of ether oxygens (including phenoxy) is 2. The quantitative estimate of drug-likeness (QED) is 0.466. The predicted octanol–water partition coefficient (Wildman–Crippen LogP) is 1.39. The third kappa shape index (κ3) is 4.47. The zero-order valence-electron chi connectivity index (χ0n) is 14.2. The minimum atomic E-state index is -0.769. The van der Waals surface area contributed by atoms with Crippen LogP contribution in [0.25, 0.3) is 11.0 Å². The highest BCUT2D eigenvalue weighted by Gasteiger charge is 2.14. The first kappa shape index (κ1) is 18.7. The van der Waals surface area contributed by atoms with Crippen LogP contribution in [0.3, 0.4) is 0 Å². The summed E-state index contributed by atoms with van der Waals surface area (Å²) in [6.45, 7) is 1.27. The highest BCUT2D eigenvalue weighted by molar-refractivity contribution is 5.99. The maximum Gasteiger partial charge on any atom is 0.360 e. The molecule has 9 heteroatoms. The van der Waals surface area contributed by atoms with Gasteiger partial charge < -0.3 is 24.5 Å². The van der Waals surface area contributed by atoms with Crippen molar-refractivity contribution < 1.29 is 28.3 Å². The molecule has 26 heavy (non-hydrogen) atoms. The largest absolute Gasteiger partial charge is 0.466 e. The number of rotatable bonds is 5. The van der Waals surface area contributed by atoms with Crippen LogP contribution in [0.15, 0.2) is 45.3 Å². The van der Waals surface area contributed by atoms with Crippen molar-refractivity contribution in [1.82, 2.24) is 0 Å². The van der Waals surface area contributed by atoms with Crippen molar-refractivity contribution in [2.75, 3.05) is 24.9 Å². The Morgan fingerprint density at radius 2 is 1.81 bits per heavy atom. The molecule has 0 spiro atoms. The second kappa shape index (κ2) is 7.97. The summed E-state index contributed by atoms with van der Waals surface area (Å²) >= 11 is 0. The van der Waals surface area contributed by atoms with Crippen molar-refractivity contribution >= 4 is 40.2 Å². The van der Waals surface area contributed by atoms with Crippen molar-refractivity contribution in [3.63, 3.8) is 0 Å². The number of nitrogens with one attached hydrogen (secondary N) is 2. The standard InChI is InChI=1S/C17H16N2O7/c1-9(20)18-12-7-10-6-11(4-5-14(10)26-17(12)23)19-13(16(22)25-3)8-15(21)24-2/h4-8,19H,1-3H3,(H,18,20)/b13-8-. The highest BCUT2D eigenvalue weighted by Crippen LogP contribution is 2.21. The lowest BCUT2D eigenvalue weighted by atomic mass is 10.2. The predicted molar refractivity (Wildman–Crippen MR) is 92.5 cm³/mol. The molecule has 1 amide bonds. The van der Waals surface area contributed by atoms with Crippen LogP contribution in [-0.4, -0.2) is 32.1 Å². The van der Waals surface area contributed by atoms with E-state index in [1.54, 1.807) is 6.07 Å². The Bertz CT molecular complexity index is 959. The van der Waals surface area contributed by atoms with Crippen molar-refractivity contribution in [2.24, 2.45) is 0 Å². The van der Waals surface area contributed by atoms with E-state index in [-0.39, 0.29) is 17.0 Å². The van der Waals surface area contributed by atoms with Crippen LogP contribution in [0.2, 0.25) is 0 Å². The Balaban J connectivity index is 2.42. The van der Waals surface area contributed by atoms with Gasteiger partial charge in [0.2, 0.25) is 5.91 Å². The smallest absolute Gasteiger partial charge is 0.360 e. The average Bonchev–Trinajstić information content (AvgIpc) is 2.60. The van der Waals surface area contributed by atoms with Crippen LogP contribution in [-0.2, 0) is 23.9 Å². The summed E-state index contributed by atoms with van der Waals surface area (Å²) < 4.78 is 14.2. The van der Waals surface area contributed by atoms with E-state index in [4.69, 9.17) is 4.42 Å². The van der Waals surface area contributed by atoms with Gasteiger partial charge in [0.1, 0.15) is 17.0 Å². The Hall–Kier alpha value is -3.62. The van der Waals surface area contributed by atoms with Crippen LogP contribution in [0.4, 0.5) is 11.4 Å². The van der Waals surface area contributed by atoms with Gasteiger partial charge in [-0.25, -0.2) is 14.4 Å². The molecule has 2 N–H and O–H groups in total. The molecule has 0 aliphatic heterocycles. The molecule has 9 nitrogen and oxygen atoms in total. The molecule has 0 bridgehead atoms. The second-order valence-electron chi connectivity index (χ2n) is 5.08. The van der Waals surface area contributed by atoms with Gasteiger partial charge in [-0.1, -0.05) is 0 Å². The van der Waals surface area contributed by atoms with Crippen molar-refractivity contribution in [2.45, 2.75) is 6.92 Å². The Morgan fingerprint density at radius 1 is 1.08 bits per heavy atom. The van der Waals surface area contributed by atoms with Gasteiger partial charge in [0.05, 0.1) is 20.3 Å². The molecule has 0 saturated heterocycles. The molecule has 1 heterocycles. The molecular weight excluding hydrogens is 344 g/mol. The van der Waals surface area contributed by atoms with Gasteiger partial charge in [0, 0.05) is 18.0 Å². The van der Waals surface area contributed by atoms with Crippen LogP contribution >= 0.6 is 0 Å². The van der Waals surface area contributed by atoms with Crippen molar-refractivity contribution in [3.05, 3.63) is 46.5 Å². The first-order valence-electron chi connectivity index (χ1n) is 7.34. The van der Waals surface area contributed by atoms with E-state index in [1.165, 1.54) is 39.3 Å². The van der Waals surface area contributed by atoms with E-state index < -0.39 is 23.5 Å². The maximum atomic E-state index is 11.8. The van der Waals surface area contributed by atoms with Gasteiger partial charge in [-0.3, -0.25) is 4.79 Å². The minimum absolute atomic E-state index is 0.0135. The Kier molecular flexibility index (Phi) is 5.74. The fraction of sp³-hybridized carbons (Fsp3) is 0.176. The molecule has 0 aliphatic carbocycles. The lowest BCUT2D eigenvalue weighted by Gasteiger charge is -2.10. The van der Waals surface area contributed by atoms with Gasteiger partial charge in [-0.05, 0) is 24.3 Å². The number of hydrogen-bond donors (Lipinski definition) is 2. The summed E-state index contributed by atoms with van der Waals surface area (Å²) in [7, 11) is 2.35. The first-order valence-corrected chi connectivity index (χ1v) is 7.34. The summed E-state index contributed by atoms with van der Waals surface area (Å²) in [5.74, 6) is -1.92. The van der Waals surface area contributed by atoms with Gasteiger partial charge in [0.15, 0.2) is 0 Å². The lowest BCUT2D eigenvalue weighted by molar-refractivity contribution is -0.138. The normalized spacial score (nSPS) is 11.0. The van der Waals surface area contributed by atoms with E-state index in [2.05, 4.69) is 20.1 Å². The van der Waals surface area contributed by atoms with Crippen molar-refractivity contribution in [1.29, 1.82) is 0 Å². The van der Waals surface area contributed by atoms with Crippen LogP contribution in [0.1, 0.15) is 6.92 Å². The molecule has 136 valence electrons. The topological polar surface area (TPSA) is 124 Å². The summed E-state index contributed by atoms with van der Waals surface area (Å²) in [5.41, 5.74) is -0.139. The zero-order chi connectivity index (χ0) is 19.3. The Morgan fingerprint density at radius 3 is 2.42 bits per heavy atom. The number of anilines is 2. The number of methoxy groups -OCH3 is 2. The highest BCUT2D eigenvalue weighted by atomic mass is 16.5. The summed E-state index contributed by atoms with van der Waals surface area (Å²) in [6.07, 6.45) is 0.948. The monoisotopic (exact) mass is 360 g/mol. The molecular formula is C17H16N2O7. The minimum Gasteiger partial charge on any atom is -0.466 e. The molecule has 0 radical (unpaired) electrons. The first-order chi connectivity index (χ1) is 12.3. The summed E-state index contributed by atoms with van der Waals surface area (Å²) in [6, 6.07) is 6.05. The fourth-order valence-electron chi connectivity index (χ4n) is 2.07. The number of esters is 2. The molecule has 2 aromatic rings. The molecule has 0 atom stereocenters. The number of carbonyl (C=O) groups excluding carboxylic acids is 3. The zero-order valence-corrected chi connectivity index (χ0v) is 14.2. The SMILES string of the molecule is COC(=O)/C=C(\Nc1ccc2oc(=O)c(NC(C)=O)cc2c1)C(=O)OC. The third-order valence-corrected chi connectivity index (χ3v) is 3.19. The third-order valence-electron chi connectivity index (χ3n) is 3.19. The van der Waals surface area contributed by atoms with E-state index in [0.717, 1.165) is 6.08 Å². The molecule has 1 aromatic heterocycles.